The molecule has 0 aliphatic rings. The van der Waals surface area contributed by atoms with Crippen molar-refractivity contribution in [2.45, 2.75) is 12.3 Å². The van der Waals surface area contributed by atoms with Gasteiger partial charge in [0.2, 0.25) is 0 Å². The zero-order chi connectivity index (χ0) is 10.5. The lowest BCUT2D eigenvalue weighted by Gasteiger charge is -2.21. The number of halogens is 3. The number of hydrogen-bond donors (Lipinski definition) is 1. The fourth-order valence-electron chi connectivity index (χ4n) is 0.975. The van der Waals surface area contributed by atoms with Crippen LogP contribution in [-0.2, 0) is 4.74 Å². The number of likely N-dealkylation sites (N-methyl/N-ethyl adjacent to an activating group) is 1. The summed E-state index contributed by atoms with van der Waals surface area (Å²) < 4.78 is 39.9. The molecule has 0 aliphatic carbocycles. The van der Waals surface area contributed by atoms with Gasteiger partial charge in [0.25, 0.3) is 0 Å². The molecule has 80 valence electrons. The van der Waals surface area contributed by atoms with Crippen LogP contribution < -0.4 is 0 Å². The highest BCUT2D eigenvalue weighted by Gasteiger charge is 2.29. The topological polar surface area (TPSA) is 32.7 Å². The van der Waals surface area contributed by atoms with Crippen molar-refractivity contribution in [3.63, 3.8) is 0 Å². The van der Waals surface area contributed by atoms with Gasteiger partial charge in [-0.3, -0.25) is 4.90 Å². The summed E-state index contributed by atoms with van der Waals surface area (Å²) in [6.07, 6.45) is -5.10. The van der Waals surface area contributed by atoms with E-state index in [1.165, 1.54) is 14.2 Å². The van der Waals surface area contributed by atoms with Crippen LogP contribution >= 0.6 is 0 Å². The van der Waals surface area contributed by atoms with Crippen LogP contribution in [0.1, 0.15) is 0 Å². The van der Waals surface area contributed by atoms with E-state index in [2.05, 4.69) is 4.74 Å². The second kappa shape index (κ2) is 5.41. The fraction of sp³-hybridized carbons (Fsp3) is 1.00. The number of alkyl halides is 3. The quantitative estimate of drug-likeness (QED) is 0.702. The van der Waals surface area contributed by atoms with Crippen molar-refractivity contribution in [1.29, 1.82) is 0 Å². The number of methoxy groups -OCH3 is 1. The van der Waals surface area contributed by atoms with Gasteiger partial charge in [-0.15, -0.1) is 0 Å². The molecule has 0 heterocycles. The van der Waals surface area contributed by atoms with Crippen molar-refractivity contribution in [3.8, 4) is 0 Å². The second-order valence-electron chi connectivity index (χ2n) is 2.92. The molecule has 0 radical (unpaired) electrons. The summed E-state index contributed by atoms with van der Waals surface area (Å²) in [5.74, 6) is 0. The van der Waals surface area contributed by atoms with Crippen LogP contribution in [0.2, 0.25) is 0 Å². The minimum Gasteiger partial charge on any atom is -0.389 e. The Bertz CT molecular complexity index is 140. The van der Waals surface area contributed by atoms with Crippen LogP contribution in [0.15, 0.2) is 0 Å². The van der Waals surface area contributed by atoms with Gasteiger partial charge in [-0.2, -0.15) is 13.2 Å². The number of nitrogens with zero attached hydrogens (tertiary/aromatic N) is 1. The molecular formula is C7H14F3NO2. The summed E-state index contributed by atoms with van der Waals surface area (Å²) in [6, 6.07) is 0. The molecule has 1 unspecified atom stereocenters. The average Bonchev–Trinajstić information content (AvgIpc) is 1.81. The van der Waals surface area contributed by atoms with Crippen molar-refractivity contribution in [2.75, 3.05) is 33.9 Å². The molecule has 0 fully saturated rings. The first-order valence-corrected chi connectivity index (χ1v) is 3.77. The predicted molar refractivity (Wildman–Crippen MR) is 41.4 cm³/mol. The maximum absolute atomic E-state index is 11.8. The van der Waals surface area contributed by atoms with E-state index in [1.807, 2.05) is 0 Å². The molecule has 0 bridgehead atoms. The van der Waals surface area contributed by atoms with Gasteiger partial charge in [0.1, 0.15) is 0 Å². The zero-order valence-electron chi connectivity index (χ0n) is 7.64. The third kappa shape index (κ3) is 8.01. The molecule has 0 saturated heterocycles. The first-order valence-electron chi connectivity index (χ1n) is 3.77. The predicted octanol–water partition coefficient (Wildman–Crippen LogP) is 0.488. The van der Waals surface area contributed by atoms with E-state index in [4.69, 9.17) is 5.11 Å². The first kappa shape index (κ1) is 12.7. The van der Waals surface area contributed by atoms with E-state index in [-0.39, 0.29) is 13.2 Å². The molecule has 0 aromatic heterocycles. The maximum Gasteiger partial charge on any atom is 0.401 e. The van der Waals surface area contributed by atoms with E-state index in [0.717, 1.165) is 4.90 Å². The Labute approximate surface area is 75.1 Å². The Morgan fingerprint density at radius 3 is 2.38 bits per heavy atom. The van der Waals surface area contributed by atoms with Gasteiger partial charge < -0.3 is 9.84 Å². The van der Waals surface area contributed by atoms with Gasteiger partial charge in [-0.25, -0.2) is 0 Å². The highest BCUT2D eigenvalue weighted by molar-refractivity contribution is 4.63. The van der Waals surface area contributed by atoms with Crippen molar-refractivity contribution >= 4 is 0 Å². The molecule has 0 rings (SSSR count). The molecule has 0 saturated carbocycles. The summed E-state index contributed by atoms with van der Waals surface area (Å²) in [7, 11) is 2.68. The SMILES string of the molecule is COCC(O)CN(C)CC(F)(F)F. The lowest BCUT2D eigenvalue weighted by atomic mass is 10.3. The van der Waals surface area contributed by atoms with E-state index in [1.54, 1.807) is 0 Å². The average molecular weight is 201 g/mol. The Hall–Kier alpha value is -0.330. The smallest absolute Gasteiger partial charge is 0.389 e. The van der Waals surface area contributed by atoms with Gasteiger partial charge in [0.05, 0.1) is 19.3 Å². The van der Waals surface area contributed by atoms with Gasteiger partial charge in [-0.05, 0) is 7.05 Å². The minimum absolute atomic E-state index is 0.0438. The Morgan fingerprint density at radius 2 is 2.00 bits per heavy atom. The number of hydrogen-bond acceptors (Lipinski definition) is 3. The second-order valence-corrected chi connectivity index (χ2v) is 2.92. The van der Waals surface area contributed by atoms with Crippen molar-refractivity contribution in [3.05, 3.63) is 0 Å². The van der Waals surface area contributed by atoms with E-state index in [9.17, 15) is 13.2 Å². The molecule has 13 heavy (non-hydrogen) atoms. The van der Waals surface area contributed by atoms with E-state index < -0.39 is 18.8 Å². The number of aliphatic hydroxyl groups excluding tert-OH is 1. The van der Waals surface area contributed by atoms with E-state index in [0.29, 0.717) is 0 Å². The number of rotatable bonds is 5. The number of aliphatic hydroxyl groups is 1. The molecule has 1 N–H and O–H groups in total. The normalized spacial score (nSPS) is 15.0. The summed E-state index contributed by atoms with van der Waals surface area (Å²) in [5, 5.41) is 9.08. The first-order chi connectivity index (χ1) is 5.85. The van der Waals surface area contributed by atoms with Crippen molar-refractivity contribution < 1.29 is 23.0 Å². The standard InChI is InChI=1S/C7H14F3NO2/c1-11(5-7(8,9)10)3-6(12)4-13-2/h6,12H,3-5H2,1-2H3. The molecule has 0 aliphatic heterocycles. The number of ether oxygens (including phenoxy) is 1. The summed E-state index contributed by atoms with van der Waals surface area (Å²) >= 11 is 0. The minimum atomic E-state index is -4.22. The molecule has 0 aromatic rings. The summed E-state index contributed by atoms with van der Waals surface area (Å²) in [6.45, 7) is -1.02. The third-order valence-corrected chi connectivity index (χ3v) is 1.33. The molecule has 0 aromatic carbocycles. The van der Waals surface area contributed by atoms with Crippen LogP contribution in [0, 0.1) is 0 Å². The molecule has 0 spiro atoms. The van der Waals surface area contributed by atoms with Crippen molar-refractivity contribution in [1.82, 2.24) is 4.90 Å². The molecule has 0 amide bonds. The zero-order valence-corrected chi connectivity index (χ0v) is 7.64. The summed E-state index contributed by atoms with van der Waals surface area (Å²) in [4.78, 5) is 1.00. The monoisotopic (exact) mass is 201 g/mol. The van der Waals surface area contributed by atoms with Crippen molar-refractivity contribution in [2.24, 2.45) is 0 Å². The highest BCUT2D eigenvalue weighted by Crippen LogP contribution is 2.15. The maximum atomic E-state index is 11.8. The summed E-state index contributed by atoms with van der Waals surface area (Å²) in [5.41, 5.74) is 0. The Morgan fingerprint density at radius 1 is 1.46 bits per heavy atom. The Balaban J connectivity index is 3.67. The largest absolute Gasteiger partial charge is 0.401 e. The van der Waals surface area contributed by atoms with Crippen LogP contribution in [-0.4, -0.2) is 56.1 Å². The van der Waals surface area contributed by atoms with Crippen LogP contribution in [0.5, 0.6) is 0 Å². The molecule has 1 atom stereocenters. The Kier molecular flexibility index (Phi) is 5.27. The fourth-order valence-corrected chi connectivity index (χ4v) is 0.975. The van der Waals surface area contributed by atoms with Crippen LogP contribution in [0.3, 0.4) is 0 Å². The van der Waals surface area contributed by atoms with Gasteiger partial charge in [0.15, 0.2) is 0 Å². The molecule has 6 heteroatoms. The third-order valence-electron chi connectivity index (χ3n) is 1.33. The van der Waals surface area contributed by atoms with E-state index >= 15 is 0 Å². The lowest BCUT2D eigenvalue weighted by molar-refractivity contribution is -0.146. The van der Waals surface area contributed by atoms with Gasteiger partial charge >= 0.3 is 6.18 Å². The molecular weight excluding hydrogens is 187 g/mol. The van der Waals surface area contributed by atoms with Gasteiger partial charge in [-0.1, -0.05) is 0 Å². The lowest BCUT2D eigenvalue weighted by Crippen LogP contribution is -2.37. The van der Waals surface area contributed by atoms with Gasteiger partial charge in [0, 0.05) is 13.7 Å². The van der Waals surface area contributed by atoms with Crippen LogP contribution in [0.4, 0.5) is 13.2 Å². The van der Waals surface area contributed by atoms with Crippen LogP contribution in [0.25, 0.3) is 0 Å². The molecule has 3 nitrogen and oxygen atoms in total. The highest BCUT2D eigenvalue weighted by atomic mass is 19.4.